The highest BCUT2D eigenvalue weighted by Crippen LogP contribution is 2.34. The van der Waals surface area contributed by atoms with Crippen LogP contribution < -0.4 is 5.32 Å². The molecule has 0 unspecified atom stereocenters. The van der Waals surface area contributed by atoms with E-state index >= 15 is 0 Å². The molecule has 15 heavy (non-hydrogen) atoms. The van der Waals surface area contributed by atoms with Crippen LogP contribution in [0.2, 0.25) is 0 Å². The zero-order valence-electron chi connectivity index (χ0n) is 9.64. The van der Waals surface area contributed by atoms with E-state index in [0.717, 1.165) is 50.4 Å². The Morgan fingerprint density at radius 1 is 1.27 bits per heavy atom. The molecule has 2 N–H and O–H groups in total. The Morgan fingerprint density at radius 3 is 2.53 bits per heavy atom. The Hall–Kier alpha value is -0.900. The van der Waals surface area contributed by atoms with E-state index in [0.29, 0.717) is 0 Å². The minimum absolute atomic E-state index is 0.217. The zero-order valence-corrected chi connectivity index (χ0v) is 9.64. The third kappa shape index (κ3) is 1.91. The lowest BCUT2D eigenvalue weighted by Gasteiger charge is -2.34. The van der Waals surface area contributed by atoms with Crippen LogP contribution in [0, 0.1) is 0 Å². The molecule has 1 saturated heterocycles. The Morgan fingerprint density at radius 2 is 2.00 bits per heavy atom. The SMILES string of the molecule is CCc1nc(C2(CC)CCNCC2)n[nH]1. The number of rotatable bonds is 3. The Bertz CT molecular complexity index is 312. The second-order valence-corrected chi connectivity index (χ2v) is 4.34. The minimum Gasteiger partial charge on any atom is -0.317 e. The van der Waals surface area contributed by atoms with Crippen molar-refractivity contribution in [3.05, 3.63) is 11.6 Å². The number of aromatic amines is 1. The third-order valence-electron chi connectivity index (χ3n) is 3.58. The van der Waals surface area contributed by atoms with Crippen LogP contribution >= 0.6 is 0 Å². The number of H-pyrrole nitrogens is 1. The van der Waals surface area contributed by atoms with E-state index in [1.54, 1.807) is 0 Å². The van der Waals surface area contributed by atoms with Crippen LogP contribution in [-0.4, -0.2) is 28.3 Å². The van der Waals surface area contributed by atoms with Crippen molar-refractivity contribution in [2.45, 2.75) is 44.9 Å². The van der Waals surface area contributed by atoms with Gasteiger partial charge in [-0.2, -0.15) is 5.10 Å². The summed E-state index contributed by atoms with van der Waals surface area (Å²) >= 11 is 0. The maximum atomic E-state index is 4.60. The van der Waals surface area contributed by atoms with Crippen molar-refractivity contribution in [3.63, 3.8) is 0 Å². The Balaban J connectivity index is 2.24. The molecule has 1 aliphatic heterocycles. The molecule has 4 heteroatoms. The predicted molar refractivity (Wildman–Crippen MR) is 59.8 cm³/mol. The van der Waals surface area contributed by atoms with Gasteiger partial charge in [0.15, 0.2) is 5.82 Å². The molecule has 0 aromatic carbocycles. The first-order valence-corrected chi connectivity index (χ1v) is 5.93. The topological polar surface area (TPSA) is 53.6 Å². The summed E-state index contributed by atoms with van der Waals surface area (Å²) < 4.78 is 0. The van der Waals surface area contributed by atoms with Crippen molar-refractivity contribution < 1.29 is 0 Å². The van der Waals surface area contributed by atoms with E-state index in [9.17, 15) is 0 Å². The number of aromatic nitrogens is 3. The Kier molecular flexibility index (Phi) is 3.05. The first kappa shape index (κ1) is 10.6. The molecule has 0 saturated carbocycles. The molecule has 2 heterocycles. The van der Waals surface area contributed by atoms with E-state index in [1.165, 1.54) is 0 Å². The maximum absolute atomic E-state index is 4.60. The maximum Gasteiger partial charge on any atom is 0.156 e. The summed E-state index contributed by atoms with van der Waals surface area (Å²) in [5.41, 5.74) is 0.217. The molecule has 1 aliphatic rings. The molecular formula is C11H20N4. The van der Waals surface area contributed by atoms with E-state index in [-0.39, 0.29) is 5.41 Å². The van der Waals surface area contributed by atoms with E-state index in [4.69, 9.17) is 0 Å². The summed E-state index contributed by atoms with van der Waals surface area (Å²) in [6.07, 6.45) is 4.38. The molecule has 1 aromatic rings. The fourth-order valence-corrected chi connectivity index (χ4v) is 2.33. The fourth-order valence-electron chi connectivity index (χ4n) is 2.33. The van der Waals surface area contributed by atoms with Crippen LogP contribution in [0.15, 0.2) is 0 Å². The first-order valence-electron chi connectivity index (χ1n) is 5.93. The number of nitrogens with zero attached hydrogens (tertiary/aromatic N) is 2. The standard InChI is InChI=1S/C11H20N4/c1-3-9-13-10(15-14-9)11(4-2)5-7-12-8-6-11/h12H,3-8H2,1-2H3,(H,13,14,15). The summed E-state index contributed by atoms with van der Waals surface area (Å²) in [6, 6.07) is 0. The molecule has 0 atom stereocenters. The van der Waals surface area contributed by atoms with Crippen LogP contribution in [0.25, 0.3) is 0 Å². The lowest BCUT2D eigenvalue weighted by Crippen LogP contribution is -2.40. The Labute approximate surface area is 90.9 Å². The summed E-state index contributed by atoms with van der Waals surface area (Å²) in [5, 5.41) is 10.8. The number of piperidine rings is 1. The molecule has 2 rings (SSSR count). The first-order chi connectivity index (χ1) is 7.30. The van der Waals surface area contributed by atoms with Crippen LogP contribution in [0.5, 0.6) is 0 Å². The van der Waals surface area contributed by atoms with Gasteiger partial charge in [0.1, 0.15) is 5.82 Å². The average molecular weight is 208 g/mol. The van der Waals surface area contributed by atoms with Crippen LogP contribution in [0.1, 0.15) is 44.8 Å². The highest BCUT2D eigenvalue weighted by Gasteiger charge is 2.35. The molecule has 4 nitrogen and oxygen atoms in total. The molecule has 84 valence electrons. The zero-order chi connectivity index (χ0) is 10.7. The molecular weight excluding hydrogens is 188 g/mol. The molecule has 0 aliphatic carbocycles. The van der Waals surface area contributed by atoms with Gasteiger partial charge in [0, 0.05) is 11.8 Å². The number of aryl methyl sites for hydroxylation is 1. The van der Waals surface area contributed by atoms with Gasteiger partial charge >= 0.3 is 0 Å². The van der Waals surface area contributed by atoms with E-state index in [2.05, 4.69) is 34.3 Å². The molecule has 0 amide bonds. The van der Waals surface area contributed by atoms with Gasteiger partial charge in [-0.15, -0.1) is 0 Å². The molecule has 0 radical (unpaired) electrons. The average Bonchev–Trinajstić information content (AvgIpc) is 2.79. The van der Waals surface area contributed by atoms with Crippen molar-refractivity contribution in [1.29, 1.82) is 0 Å². The fraction of sp³-hybridized carbons (Fsp3) is 0.818. The van der Waals surface area contributed by atoms with Gasteiger partial charge in [0.05, 0.1) is 0 Å². The number of hydrogen-bond acceptors (Lipinski definition) is 3. The molecule has 0 bridgehead atoms. The lowest BCUT2D eigenvalue weighted by atomic mass is 9.76. The quantitative estimate of drug-likeness (QED) is 0.789. The van der Waals surface area contributed by atoms with Gasteiger partial charge in [-0.3, -0.25) is 5.10 Å². The smallest absolute Gasteiger partial charge is 0.156 e. The highest BCUT2D eigenvalue weighted by atomic mass is 15.2. The van der Waals surface area contributed by atoms with E-state index in [1.807, 2.05) is 0 Å². The second-order valence-electron chi connectivity index (χ2n) is 4.34. The third-order valence-corrected chi connectivity index (χ3v) is 3.58. The van der Waals surface area contributed by atoms with Gasteiger partial charge in [-0.05, 0) is 32.4 Å². The van der Waals surface area contributed by atoms with Gasteiger partial charge < -0.3 is 5.32 Å². The van der Waals surface area contributed by atoms with Crippen molar-refractivity contribution in [2.24, 2.45) is 0 Å². The number of hydrogen-bond donors (Lipinski definition) is 2. The van der Waals surface area contributed by atoms with Gasteiger partial charge in [-0.25, -0.2) is 4.98 Å². The minimum atomic E-state index is 0.217. The summed E-state index contributed by atoms with van der Waals surface area (Å²) in [4.78, 5) is 4.60. The summed E-state index contributed by atoms with van der Waals surface area (Å²) in [5.74, 6) is 2.04. The van der Waals surface area contributed by atoms with Crippen LogP contribution in [0.4, 0.5) is 0 Å². The van der Waals surface area contributed by atoms with Crippen molar-refractivity contribution in [1.82, 2.24) is 20.5 Å². The highest BCUT2D eigenvalue weighted by molar-refractivity contribution is 5.10. The van der Waals surface area contributed by atoms with Crippen molar-refractivity contribution in [3.8, 4) is 0 Å². The van der Waals surface area contributed by atoms with Crippen molar-refractivity contribution >= 4 is 0 Å². The van der Waals surface area contributed by atoms with Gasteiger partial charge in [0.2, 0.25) is 0 Å². The van der Waals surface area contributed by atoms with Crippen molar-refractivity contribution in [2.75, 3.05) is 13.1 Å². The number of nitrogens with one attached hydrogen (secondary N) is 2. The lowest BCUT2D eigenvalue weighted by molar-refractivity contribution is 0.283. The summed E-state index contributed by atoms with van der Waals surface area (Å²) in [7, 11) is 0. The van der Waals surface area contributed by atoms with E-state index < -0.39 is 0 Å². The molecule has 1 aromatic heterocycles. The summed E-state index contributed by atoms with van der Waals surface area (Å²) in [6.45, 7) is 6.52. The second kappa shape index (κ2) is 4.31. The molecule has 1 fully saturated rings. The van der Waals surface area contributed by atoms with Gasteiger partial charge in [-0.1, -0.05) is 13.8 Å². The molecule has 0 spiro atoms. The normalized spacial score (nSPS) is 20.4. The predicted octanol–water partition coefficient (Wildman–Crippen LogP) is 1.40. The van der Waals surface area contributed by atoms with Gasteiger partial charge in [0.25, 0.3) is 0 Å². The monoisotopic (exact) mass is 208 g/mol. The van der Waals surface area contributed by atoms with Crippen LogP contribution in [-0.2, 0) is 11.8 Å². The largest absolute Gasteiger partial charge is 0.317 e. The van der Waals surface area contributed by atoms with Crippen LogP contribution in [0.3, 0.4) is 0 Å².